The quantitative estimate of drug-likeness (QED) is 0.160. The van der Waals surface area contributed by atoms with Crippen LogP contribution in [0.2, 0.25) is 0 Å². The number of benzene rings is 11. The number of hydrogen-bond acceptors (Lipinski definition) is 3. The molecule has 0 N–H and O–H groups in total. The number of fused-ring (bicyclic) bond motifs is 12. The van der Waals surface area contributed by atoms with E-state index < -0.39 is 0 Å². The minimum Gasteiger partial charge on any atom is -0.455 e. The highest BCUT2D eigenvalue weighted by Gasteiger charge is 2.21. The van der Waals surface area contributed by atoms with Gasteiger partial charge in [-0.3, -0.25) is 4.57 Å². The van der Waals surface area contributed by atoms with Crippen LogP contribution in [0.25, 0.3) is 149 Å². The van der Waals surface area contributed by atoms with Gasteiger partial charge in [-0.1, -0.05) is 170 Å². The zero-order valence-electron chi connectivity index (χ0n) is 41.0. The summed E-state index contributed by atoms with van der Waals surface area (Å²) < 4.78 is 13.5. The molecule has 0 unspecified atom stereocenters. The van der Waals surface area contributed by atoms with Gasteiger partial charge in [-0.2, -0.15) is 0 Å². The van der Waals surface area contributed by atoms with Crippen molar-refractivity contribution in [3.8, 4) is 62.1 Å². The van der Waals surface area contributed by atoms with E-state index in [9.17, 15) is 0 Å². The summed E-state index contributed by atoms with van der Waals surface area (Å²) in [5.74, 6) is 0.617. The monoisotopic (exact) mass is 969 g/mol. The average molecular weight is 970 g/mol. The number of para-hydroxylation sites is 6. The average Bonchev–Trinajstić information content (AvgIpc) is 4.24. The molecule has 354 valence electrons. The molecular formula is C70H43N5O. The predicted octanol–water partition coefficient (Wildman–Crippen LogP) is 18.3. The first-order valence-corrected chi connectivity index (χ1v) is 25.8. The van der Waals surface area contributed by atoms with E-state index in [1.807, 2.05) is 18.2 Å². The van der Waals surface area contributed by atoms with Crippen LogP contribution >= 0.6 is 0 Å². The maximum atomic E-state index is 6.49. The van der Waals surface area contributed by atoms with Gasteiger partial charge in [-0.05, 0) is 108 Å². The van der Waals surface area contributed by atoms with Crippen LogP contribution in [0.4, 0.5) is 0 Å². The minimum atomic E-state index is 0.617. The van der Waals surface area contributed by atoms with Gasteiger partial charge in [0.05, 0.1) is 44.5 Å². The smallest absolute Gasteiger partial charge is 0.235 e. The molecule has 0 amide bonds. The Kier molecular flexibility index (Phi) is 9.23. The van der Waals surface area contributed by atoms with Gasteiger partial charge < -0.3 is 13.6 Å². The van der Waals surface area contributed by atoms with E-state index in [-0.39, 0.29) is 0 Å². The summed E-state index contributed by atoms with van der Waals surface area (Å²) in [6.07, 6.45) is 0. The Balaban J connectivity index is 0.808. The Labute approximate surface area is 436 Å². The van der Waals surface area contributed by atoms with Crippen LogP contribution in [0.15, 0.2) is 265 Å². The minimum absolute atomic E-state index is 0.617. The zero-order chi connectivity index (χ0) is 49.8. The lowest BCUT2D eigenvalue weighted by atomic mass is 10.0. The topological polar surface area (TPSA) is 53.7 Å². The summed E-state index contributed by atoms with van der Waals surface area (Å²) in [5.41, 5.74) is 19.0. The van der Waals surface area contributed by atoms with Gasteiger partial charge in [0.2, 0.25) is 5.95 Å². The van der Waals surface area contributed by atoms with Crippen LogP contribution in [0.5, 0.6) is 0 Å². The Hall–Kier alpha value is -10.3. The molecule has 16 rings (SSSR count). The lowest BCUT2D eigenvalue weighted by molar-refractivity contribution is 0.670. The van der Waals surface area contributed by atoms with E-state index in [0.717, 1.165) is 111 Å². The van der Waals surface area contributed by atoms with Gasteiger partial charge in [-0.25, -0.2) is 9.97 Å². The molecule has 5 heterocycles. The lowest BCUT2D eigenvalue weighted by Gasteiger charge is -2.13. The number of rotatable bonds is 7. The highest BCUT2D eigenvalue weighted by Crippen LogP contribution is 2.42. The van der Waals surface area contributed by atoms with E-state index in [2.05, 4.69) is 256 Å². The van der Waals surface area contributed by atoms with Crippen molar-refractivity contribution in [2.45, 2.75) is 0 Å². The van der Waals surface area contributed by atoms with Crippen molar-refractivity contribution in [3.63, 3.8) is 0 Å². The Bertz CT molecular complexity index is 4980. The van der Waals surface area contributed by atoms with Crippen LogP contribution in [-0.4, -0.2) is 23.7 Å². The van der Waals surface area contributed by atoms with Gasteiger partial charge in [-0.15, -0.1) is 0 Å². The third kappa shape index (κ3) is 6.47. The van der Waals surface area contributed by atoms with Crippen LogP contribution in [-0.2, 0) is 0 Å². The second kappa shape index (κ2) is 16.6. The van der Waals surface area contributed by atoms with Gasteiger partial charge in [0, 0.05) is 71.2 Å². The van der Waals surface area contributed by atoms with E-state index in [4.69, 9.17) is 14.4 Å². The number of nitrogens with zero attached hydrogens (tertiary/aromatic N) is 5. The normalized spacial score (nSPS) is 11.9. The summed E-state index contributed by atoms with van der Waals surface area (Å²) in [6, 6.07) is 93.2. The number of hydrogen-bond donors (Lipinski definition) is 0. The molecule has 5 aromatic heterocycles. The third-order valence-corrected chi connectivity index (χ3v) is 15.5. The lowest BCUT2D eigenvalue weighted by Crippen LogP contribution is -2.04. The zero-order valence-corrected chi connectivity index (χ0v) is 41.0. The van der Waals surface area contributed by atoms with Crippen LogP contribution in [0.1, 0.15) is 0 Å². The second-order valence-electron chi connectivity index (χ2n) is 19.7. The van der Waals surface area contributed by atoms with Crippen molar-refractivity contribution in [2.24, 2.45) is 0 Å². The van der Waals surface area contributed by atoms with Crippen molar-refractivity contribution in [3.05, 3.63) is 261 Å². The third-order valence-electron chi connectivity index (χ3n) is 15.5. The highest BCUT2D eigenvalue weighted by molar-refractivity contribution is 6.15. The molecular weight excluding hydrogens is 927 g/mol. The molecule has 0 bridgehead atoms. The first-order chi connectivity index (χ1) is 37.7. The summed E-state index contributed by atoms with van der Waals surface area (Å²) >= 11 is 0. The van der Waals surface area contributed by atoms with E-state index in [0.29, 0.717) is 5.95 Å². The SMILES string of the molecule is c1ccc(-c2cc(-c3ccc(-n4c5ccccc5c5cc(-c6cccc7c6oc6ccccc67)ccc54)cc3)nc(-n3c4ccccc4c4cc(-c5ccc6c(c5)c5ccccc5n6-c5ccccc5)ccc43)n2)cc1. The Morgan fingerprint density at radius 1 is 0.263 bits per heavy atom. The van der Waals surface area contributed by atoms with Gasteiger partial charge in [0.25, 0.3) is 0 Å². The fourth-order valence-corrected chi connectivity index (χ4v) is 12.0. The summed E-state index contributed by atoms with van der Waals surface area (Å²) in [7, 11) is 0. The molecule has 0 saturated carbocycles. The molecule has 0 saturated heterocycles. The summed E-state index contributed by atoms with van der Waals surface area (Å²) in [5, 5.41) is 9.38. The number of furan rings is 1. The van der Waals surface area contributed by atoms with Crippen molar-refractivity contribution in [1.29, 1.82) is 0 Å². The van der Waals surface area contributed by atoms with Crippen LogP contribution in [0, 0.1) is 0 Å². The maximum Gasteiger partial charge on any atom is 0.235 e. The Morgan fingerprint density at radius 2 is 0.684 bits per heavy atom. The fourth-order valence-electron chi connectivity index (χ4n) is 12.0. The van der Waals surface area contributed by atoms with Crippen molar-refractivity contribution < 1.29 is 4.42 Å². The molecule has 16 aromatic rings. The van der Waals surface area contributed by atoms with E-state index in [1.165, 1.54) is 32.6 Å². The molecule has 0 aliphatic carbocycles. The van der Waals surface area contributed by atoms with E-state index >= 15 is 0 Å². The second-order valence-corrected chi connectivity index (χ2v) is 19.7. The molecule has 0 spiro atoms. The molecule has 0 aliphatic heterocycles. The van der Waals surface area contributed by atoms with Gasteiger partial charge >= 0.3 is 0 Å². The molecule has 6 heteroatoms. The molecule has 0 radical (unpaired) electrons. The molecule has 11 aromatic carbocycles. The van der Waals surface area contributed by atoms with Gasteiger partial charge in [0.15, 0.2) is 0 Å². The molecule has 0 aliphatic rings. The largest absolute Gasteiger partial charge is 0.455 e. The summed E-state index contributed by atoms with van der Waals surface area (Å²) in [4.78, 5) is 10.8. The fraction of sp³-hybridized carbons (Fsp3) is 0. The highest BCUT2D eigenvalue weighted by atomic mass is 16.3. The Morgan fingerprint density at radius 3 is 1.29 bits per heavy atom. The van der Waals surface area contributed by atoms with Gasteiger partial charge in [0.1, 0.15) is 11.2 Å². The molecule has 76 heavy (non-hydrogen) atoms. The van der Waals surface area contributed by atoms with E-state index in [1.54, 1.807) is 0 Å². The molecule has 0 atom stereocenters. The van der Waals surface area contributed by atoms with Crippen molar-refractivity contribution in [2.75, 3.05) is 0 Å². The predicted molar refractivity (Wildman–Crippen MR) is 314 cm³/mol. The van der Waals surface area contributed by atoms with Crippen LogP contribution in [0.3, 0.4) is 0 Å². The summed E-state index contributed by atoms with van der Waals surface area (Å²) in [6.45, 7) is 0. The first kappa shape index (κ1) is 42.2. The molecule has 6 nitrogen and oxygen atoms in total. The first-order valence-electron chi connectivity index (χ1n) is 25.8. The van der Waals surface area contributed by atoms with Crippen molar-refractivity contribution in [1.82, 2.24) is 23.7 Å². The van der Waals surface area contributed by atoms with Crippen molar-refractivity contribution >= 4 is 87.4 Å². The standard InChI is InChI=1S/C70H43N5O/c1-3-16-44(17-4-1)60-43-61(45-30-35-50(36-31-45)74-63-27-12-8-21-53(63)59-42-48(34-39-66(59)74)51-24-15-25-56-55-23-10-14-29-68(55)76-69(51)56)72-70(71-60)75-64-28-13-9-22-54(64)58-41-47(33-38-67(58)75)46-32-37-65-57(40-46)52-20-7-11-26-62(52)73(65)49-18-5-2-6-19-49/h1-43H. The maximum absolute atomic E-state index is 6.49. The molecule has 0 fully saturated rings. The number of aromatic nitrogens is 5. The van der Waals surface area contributed by atoms with Crippen LogP contribution < -0.4 is 0 Å².